The number of aliphatic hydroxyl groups excluding tert-OH is 1. The lowest BCUT2D eigenvalue weighted by molar-refractivity contribution is -0.145. The van der Waals surface area contributed by atoms with E-state index in [4.69, 9.17) is 9.47 Å². The summed E-state index contributed by atoms with van der Waals surface area (Å²) in [5.41, 5.74) is -1.01. The largest absolute Gasteiger partial charge is 0.394 e. The minimum atomic E-state index is -1.01. The molecule has 0 aliphatic carbocycles. The summed E-state index contributed by atoms with van der Waals surface area (Å²) in [4.78, 5) is 43.6. The van der Waals surface area contributed by atoms with Gasteiger partial charge < -0.3 is 30.1 Å². The van der Waals surface area contributed by atoms with E-state index in [0.29, 0.717) is 45.7 Å². The minimum absolute atomic E-state index is 0.179. The van der Waals surface area contributed by atoms with Gasteiger partial charge in [0, 0.05) is 32.7 Å². The Hall–Kier alpha value is -1.75. The van der Waals surface area contributed by atoms with Crippen LogP contribution in [0.25, 0.3) is 0 Å². The fourth-order valence-corrected chi connectivity index (χ4v) is 5.88. The molecule has 4 saturated heterocycles. The number of hydrogen-bond acceptors (Lipinski definition) is 7. The molecule has 10 heteroatoms. The molecule has 180 valence electrons. The lowest BCUT2D eigenvalue weighted by Gasteiger charge is -2.35. The Morgan fingerprint density at radius 2 is 1.94 bits per heavy atom. The van der Waals surface area contributed by atoms with Crippen molar-refractivity contribution in [3.63, 3.8) is 0 Å². The molecule has 4 heterocycles. The zero-order valence-electron chi connectivity index (χ0n) is 19.0. The molecule has 0 aromatic heterocycles. The summed E-state index contributed by atoms with van der Waals surface area (Å²) >= 11 is 0. The summed E-state index contributed by atoms with van der Waals surface area (Å²) in [5, 5.41) is 15.7. The lowest BCUT2D eigenvalue weighted by atomic mass is 9.70. The normalized spacial score (nSPS) is 35.1. The van der Waals surface area contributed by atoms with Crippen molar-refractivity contribution in [1.29, 1.82) is 0 Å². The van der Waals surface area contributed by atoms with E-state index < -0.39 is 29.5 Å². The van der Waals surface area contributed by atoms with Gasteiger partial charge in [-0.1, -0.05) is 6.92 Å². The summed E-state index contributed by atoms with van der Waals surface area (Å²) in [7, 11) is 0. The minimum Gasteiger partial charge on any atom is -0.394 e. The Balaban J connectivity index is 1.53. The molecule has 2 bridgehead atoms. The first kappa shape index (κ1) is 23.4. The maximum Gasteiger partial charge on any atom is 0.245 e. The second-order valence-electron chi connectivity index (χ2n) is 9.37. The van der Waals surface area contributed by atoms with Gasteiger partial charge in [0.05, 0.1) is 43.8 Å². The highest BCUT2D eigenvalue weighted by Gasteiger charge is 2.74. The summed E-state index contributed by atoms with van der Waals surface area (Å²) in [6.45, 7) is 8.17. The van der Waals surface area contributed by atoms with E-state index in [1.807, 2.05) is 6.92 Å². The number of ether oxygens (including phenoxy) is 2. The number of carbonyl (C=O) groups is 3. The molecule has 6 atom stereocenters. The molecular formula is C22H36N4O6. The number of nitrogens with zero attached hydrogens (tertiary/aromatic N) is 2. The quantitative estimate of drug-likeness (QED) is 0.398. The topological polar surface area (TPSA) is 120 Å². The molecule has 4 rings (SSSR count). The van der Waals surface area contributed by atoms with Crippen LogP contribution in [0.15, 0.2) is 0 Å². The molecule has 3 amide bonds. The summed E-state index contributed by atoms with van der Waals surface area (Å²) in [6, 6.07) is -1.39. The van der Waals surface area contributed by atoms with Crippen LogP contribution < -0.4 is 10.6 Å². The maximum atomic E-state index is 13.5. The highest BCUT2D eigenvalue weighted by atomic mass is 16.5. The van der Waals surface area contributed by atoms with Gasteiger partial charge in [0.25, 0.3) is 0 Å². The number of hydrogen-bond donors (Lipinski definition) is 3. The van der Waals surface area contributed by atoms with Crippen molar-refractivity contribution in [2.24, 2.45) is 11.8 Å². The van der Waals surface area contributed by atoms with Crippen molar-refractivity contribution in [3.05, 3.63) is 0 Å². The molecular weight excluding hydrogens is 416 g/mol. The summed E-state index contributed by atoms with van der Waals surface area (Å²) < 4.78 is 11.7. The van der Waals surface area contributed by atoms with Gasteiger partial charge in [0.2, 0.25) is 17.7 Å². The number of likely N-dealkylation sites (tertiary alicyclic amines) is 1. The van der Waals surface area contributed by atoms with Gasteiger partial charge in [0.1, 0.15) is 11.6 Å². The number of carbonyl (C=O) groups excluding carboxylic acids is 3. The average Bonchev–Trinajstić information content (AvgIpc) is 3.45. The third kappa shape index (κ3) is 3.91. The van der Waals surface area contributed by atoms with Crippen LogP contribution >= 0.6 is 0 Å². The van der Waals surface area contributed by atoms with Gasteiger partial charge in [-0.15, -0.1) is 0 Å². The fourth-order valence-electron chi connectivity index (χ4n) is 5.88. The first-order valence-electron chi connectivity index (χ1n) is 11.9. The van der Waals surface area contributed by atoms with Crippen molar-refractivity contribution in [3.8, 4) is 0 Å². The third-order valence-corrected chi connectivity index (χ3v) is 7.41. The van der Waals surface area contributed by atoms with Crippen molar-refractivity contribution < 1.29 is 29.0 Å². The zero-order valence-corrected chi connectivity index (χ0v) is 19.0. The molecule has 4 aliphatic heterocycles. The number of fused-ring (bicyclic) bond motifs is 1. The van der Waals surface area contributed by atoms with Crippen molar-refractivity contribution >= 4 is 17.7 Å². The Morgan fingerprint density at radius 3 is 2.62 bits per heavy atom. The van der Waals surface area contributed by atoms with Crippen LogP contribution in [0, 0.1) is 11.8 Å². The smallest absolute Gasteiger partial charge is 0.245 e. The Bertz CT molecular complexity index is 729. The Morgan fingerprint density at radius 1 is 1.22 bits per heavy atom. The molecule has 10 nitrogen and oxygen atoms in total. The fraction of sp³-hybridized carbons (Fsp3) is 0.864. The van der Waals surface area contributed by atoms with E-state index in [0.717, 1.165) is 19.5 Å². The predicted octanol–water partition coefficient (Wildman–Crippen LogP) is -1.28. The maximum absolute atomic E-state index is 13.5. The van der Waals surface area contributed by atoms with Crippen molar-refractivity contribution in [2.75, 3.05) is 52.5 Å². The first-order valence-corrected chi connectivity index (χ1v) is 11.9. The van der Waals surface area contributed by atoms with Gasteiger partial charge in [-0.2, -0.15) is 0 Å². The van der Waals surface area contributed by atoms with Crippen molar-refractivity contribution in [2.45, 2.75) is 56.9 Å². The number of amides is 3. The van der Waals surface area contributed by atoms with Crippen LogP contribution in [0.3, 0.4) is 0 Å². The molecule has 1 spiro atoms. The molecule has 32 heavy (non-hydrogen) atoms. The van der Waals surface area contributed by atoms with Gasteiger partial charge in [0.15, 0.2) is 0 Å². The Labute approximate surface area is 189 Å². The second kappa shape index (κ2) is 9.62. The molecule has 0 aromatic rings. The first-order chi connectivity index (χ1) is 15.4. The molecule has 0 radical (unpaired) electrons. The standard InChI is InChI=1S/C22H36N4O6/c1-3-6-23-19(28)16-15-4-5-22(32-15)17(16)21(30)26(14(2)13-27)18(22)20(29)24-7-8-25-9-11-31-12-10-25/h14-18,27H,3-13H2,1-2H3,(H,23,28)(H,24,29)/t14-,15-,16+,17+,18?,22?/m1/s1. The van der Waals surface area contributed by atoms with Crippen molar-refractivity contribution in [1.82, 2.24) is 20.4 Å². The van der Waals surface area contributed by atoms with E-state index in [-0.39, 0.29) is 30.4 Å². The van der Waals surface area contributed by atoms with Gasteiger partial charge in [-0.3, -0.25) is 19.3 Å². The van der Waals surface area contributed by atoms with E-state index in [1.54, 1.807) is 6.92 Å². The van der Waals surface area contributed by atoms with E-state index in [1.165, 1.54) is 4.90 Å². The van der Waals surface area contributed by atoms with Crippen LogP contribution in [0.1, 0.15) is 33.1 Å². The lowest BCUT2D eigenvalue weighted by Crippen LogP contribution is -2.58. The number of rotatable bonds is 9. The molecule has 4 fully saturated rings. The van der Waals surface area contributed by atoms with E-state index >= 15 is 0 Å². The van der Waals surface area contributed by atoms with Crippen LogP contribution in [0.2, 0.25) is 0 Å². The van der Waals surface area contributed by atoms with Crippen LogP contribution in [-0.4, -0.2) is 109 Å². The SMILES string of the molecule is CCCNC(=O)[C@@H]1[C@H]2C(=O)N([C@H](C)CO)C(C(=O)NCCN3CCOCC3)C23CC[C@H]1O3. The van der Waals surface area contributed by atoms with E-state index in [9.17, 15) is 19.5 Å². The highest BCUT2D eigenvalue weighted by molar-refractivity contribution is 5.99. The van der Waals surface area contributed by atoms with Gasteiger partial charge in [-0.25, -0.2) is 0 Å². The van der Waals surface area contributed by atoms with Gasteiger partial charge in [-0.05, 0) is 26.2 Å². The molecule has 0 aromatic carbocycles. The second-order valence-corrected chi connectivity index (χ2v) is 9.37. The number of aliphatic hydroxyl groups is 1. The van der Waals surface area contributed by atoms with Crippen LogP contribution in [0.5, 0.6) is 0 Å². The number of morpholine rings is 1. The Kier molecular flexibility index (Phi) is 7.04. The van der Waals surface area contributed by atoms with Crippen LogP contribution in [-0.2, 0) is 23.9 Å². The molecule has 2 unspecified atom stereocenters. The monoisotopic (exact) mass is 452 g/mol. The summed E-state index contributed by atoms with van der Waals surface area (Å²) in [5.74, 6) is -2.01. The van der Waals surface area contributed by atoms with E-state index in [2.05, 4.69) is 15.5 Å². The van der Waals surface area contributed by atoms with Crippen LogP contribution in [0.4, 0.5) is 0 Å². The average molecular weight is 453 g/mol. The van der Waals surface area contributed by atoms with Gasteiger partial charge >= 0.3 is 0 Å². The number of nitrogens with one attached hydrogen (secondary N) is 2. The third-order valence-electron chi connectivity index (χ3n) is 7.41. The molecule has 0 saturated carbocycles. The summed E-state index contributed by atoms with van der Waals surface area (Å²) in [6.07, 6.45) is 1.65. The molecule has 3 N–H and O–H groups in total. The predicted molar refractivity (Wildman–Crippen MR) is 115 cm³/mol. The highest BCUT2D eigenvalue weighted by Crippen LogP contribution is 2.58. The zero-order chi connectivity index (χ0) is 22.9. The molecule has 4 aliphatic rings.